The number of halogens is 1. The number of rotatable bonds is 3. The topological polar surface area (TPSA) is 61.0 Å². The number of ether oxygens (including phenoxy) is 1. The highest BCUT2D eigenvalue weighted by Gasteiger charge is 2.12. The molecule has 0 atom stereocenters. The van der Waals surface area contributed by atoms with Crippen molar-refractivity contribution in [1.29, 1.82) is 0 Å². The molecular weight excluding hydrogens is 245 g/mol. The van der Waals surface area contributed by atoms with Gasteiger partial charge < -0.3 is 10.5 Å². The summed E-state index contributed by atoms with van der Waals surface area (Å²) in [5, 5.41) is 0. The maximum absolute atomic E-state index is 13.7. The standard InChI is InChI=1S/C14H16FN3O/c1-4-12-17-13(16)9(3)14(18-12)19-11-7-8(2)5-6-10(11)15/h5-7H,4H2,1-3H3,(H2,16,17,18). The van der Waals surface area contributed by atoms with Gasteiger partial charge in [0.15, 0.2) is 11.6 Å². The minimum atomic E-state index is -0.430. The van der Waals surface area contributed by atoms with Crippen molar-refractivity contribution in [3.63, 3.8) is 0 Å². The first kappa shape index (κ1) is 13.3. The average molecular weight is 261 g/mol. The highest BCUT2D eigenvalue weighted by atomic mass is 19.1. The van der Waals surface area contributed by atoms with E-state index in [0.29, 0.717) is 29.5 Å². The van der Waals surface area contributed by atoms with Crippen molar-refractivity contribution in [3.05, 3.63) is 41.0 Å². The molecule has 2 rings (SSSR count). The molecule has 0 spiro atoms. The number of benzene rings is 1. The summed E-state index contributed by atoms with van der Waals surface area (Å²) in [5.74, 6) is 0.943. The highest BCUT2D eigenvalue weighted by molar-refractivity contribution is 5.46. The van der Waals surface area contributed by atoms with Gasteiger partial charge in [0.2, 0.25) is 5.88 Å². The van der Waals surface area contributed by atoms with Crippen molar-refractivity contribution < 1.29 is 9.13 Å². The van der Waals surface area contributed by atoms with Gasteiger partial charge in [-0.05, 0) is 31.5 Å². The second-order valence-corrected chi connectivity index (χ2v) is 4.34. The Bertz CT molecular complexity index is 614. The normalized spacial score (nSPS) is 10.5. The molecule has 19 heavy (non-hydrogen) atoms. The lowest BCUT2D eigenvalue weighted by atomic mass is 10.2. The first-order valence-corrected chi connectivity index (χ1v) is 6.08. The maximum Gasteiger partial charge on any atom is 0.227 e. The van der Waals surface area contributed by atoms with Crippen LogP contribution in [-0.2, 0) is 6.42 Å². The van der Waals surface area contributed by atoms with E-state index >= 15 is 0 Å². The smallest absolute Gasteiger partial charge is 0.227 e. The van der Waals surface area contributed by atoms with E-state index in [0.717, 1.165) is 5.56 Å². The summed E-state index contributed by atoms with van der Waals surface area (Å²) in [7, 11) is 0. The van der Waals surface area contributed by atoms with Crippen LogP contribution < -0.4 is 10.5 Å². The monoisotopic (exact) mass is 261 g/mol. The molecule has 2 N–H and O–H groups in total. The molecule has 0 bridgehead atoms. The Kier molecular flexibility index (Phi) is 3.64. The van der Waals surface area contributed by atoms with Gasteiger partial charge in [0.25, 0.3) is 0 Å². The molecule has 0 aliphatic carbocycles. The molecule has 2 aromatic rings. The van der Waals surface area contributed by atoms with E-state index in [1.807, 2.05) is 13.8 Å². The summed E-state index contributed by atoms with van der Waals surface area (Å²) in [6, 6.07) is 4.67. The summed E-state index contributed by atoms with van der Waals surface area (Å²) in [6.45, 7) is 5.53. The average Bonchev–Trinajstić information content (AvgIpc) is 2.38. The third kappa shape index (κ3) is 2.81. The summed E-state index contributed by atoms with van der Waals surface area (Å²) in [4.78, 5) is 8.36. The van der Waals surface area contributed by atoms with Gasteiger partial charge in [0, 0.05) is 6.42 Å². The van der Waals surface area contributed by atoms with E-state index in [1.165, 1.54) is 6.07 Å². The Hall–Kier alpha value is -2.17. The molecule has 5 heteroatoms. The third-order valence-electron chi connectivity index (χ3n) is 2.79. The van der Waals surface area contributed by atoms with E-state index in [-0.39, 0.29) is 5.75 Å². The van der Waals surface area contributed by atoms with Crippen molar-refractivity contribution in [1.82, 2.24) is 9.97 Å². The van der Waals surface area contributed by atoms with Gasteiger partial charge >= 0.3 is 0 Å². The summed E-state index contributed by atoms with van der Waals surface area (Å²) in [6.07, 6.45) is 0.636. The Labute approximate surface area is 111 Å². The quantitative estimate of drug-likeness (QED) is 0.921. The Morgan fingerprint density at radius 3 is 2.68 bits per heavy atom. The fourth-order valence-corrected chi connectivity index (χ4v) is 1.61. The number of nitrogens with zero attached hydrogens (tertiary/aromatic N) is 2. The summed E-state index contributed by atoms with van der Waals surface area (Å²) in [5.41, 5.74) is 7.31. The third-order valence-corrected chi connectivity index (χ3v) is 2.79. The van der Waals surface area contributed by atoms with Crippen molar-refractivity contribution in [3.8, 4) is 11.6 Å². The van der Waals surface area contributed by atoms with Crippen molar-refractivity contribution in [2.24, 2.45) is 0 Å². The zero-order valence-electron chi connectivity index (χ0n) is 11.2. The van der Waals surface area contributed by atoms with Gasteiger partial charge in [-0.3, -0.25) is 0 Å². The van der Waals surface area contributed by atoms with Crippen LogP contribution in [0.15, 0.2) is 18.2 Å². The van der Waals surface area contributed by atoms with Crippen LogP contribution >= 0.6 is 0 Å². The molecule has 0 aliphatic rings. The molecule has 4 nitrogen and oxygen atoms in total. The van der Waals surface area contributed by atoms with Crippen LogP contribution in [0.5, 0.6) is 11.6 Å². The van der Waals surface area contributed by atoms with Gasteiger partial charge in [0.1, 0.15) is 11.6 Å². The first-order valence-electron chi connectivity index (χ1n) is 6.08. The Morgan fingerprint density at radius 2 is 2.00 bits per heavy atom. The van der Waals surface area contributed by atoms with Crippen LogP contribution in [0.3, 0.4) is 0 Å². The molecule has 0 saturated carbocycles. The molecule has 1 aromatic carbocycles. The molecule has 0 unspecified atom stereocenters. The van der Waals surface area contributed by atoms with E-state index in [4.69, 9.17) is 10.5 Å². The molecule has 0 saturated heterocycles. The van der Waals surface area contributed by atoms with Crippen LogP contribution in [0.25, 0.3) is 0 Å². The van der Waals surface area contributed by atoms with Gasteiger partial charge in [0.05, 0.1) is 5.56 Å². The maximum atomic E-state index is 13.7. The molecule has 0 radical (unpaired) electrons. The minimum Gasteiger partial charge on any atom is -0.435 e. The number of hydrogen-bond acceptors (Lipinski definition) is 4. The number of nitrogens with two attached hydrogens (primary N) is 1. The zero-order valence-corrected chi connectivity index (χ0v) is 11.2. The van der Waals surface area contributed by atoms with Crippen LogP contribution in [0.4, 0.5) is 10.2 Å². The molecule has 1 aromatic heterocycles. The molecule has 0 aliphatic heterocycles. The molecular formula is C14H16FN3O. The Balaban J connectivity index is 2.42. The molecule has 100 valence electrons. The summed E-state index contributed by atoms with van der Waals surface area (Å²) < 4.78 is 19.2. The summed E-state index contributed by atoms with van der Waals surface area (Å²) >= 11 is 0. The number of hydrogen-bond donors (Lipinski definition) is 1. The van der Waals surface area contributed by atoms with Gasteiger partial charge in [-0.2, -0.15) is 4.98 Å². The van der Waals surface area contributed by atoms with E-state index in [1.54, 1.807) is 19.1 Å². The fourth-order valence-electron chi connectivity index (χ4n) is 1.61. The molecule has 0 fully saturated rings. The first-order chi connectivity index (χ1) is 9.01. The van der Waals surface area contributed by atoms with Crippen LogP contribution in [0.2, 0.25) is 0 Å². The zero-order chi connectivity index (χ0) is 14.0. The predicted octanol–water partition coefficient (Wildman–Crippen LogP) is 3.17. The SMILES string of the molecule is CCc1nc(N)c(C)c(Oc2cc(C)ccc2F)n1. The van der Waals surface area contributed by atoms with Crippen molar-refractivity contribution in [2.75, 3.05) is 5.73 Å². The van der Waals surface area contributed by atoms with E-state index < -0.39 is 5.82 Å². The lowest BCUT2D eigenvalue weighted by Gasteiger charge is -2.11. The lowest BCUT2D eigenvalue weighted by Crippen LogP contribution is -2.04. The largest absolute Gasteiger partial charge is 0.435 e. The van der Waals surface area contributed by atoms with Gasteiger partial charge in [-0.1, -0.05) is 13.0 Å². The Morgan fingerprint density at radius 1 is 1.26 bits per heavy atom. The second-order valence-electron chi connectivity index (χ2n) is 4.34. The van der Waals surface area contributed by atoms with E-state index in [2.05, 4.69) is 9.97 Å². The number of anilines is 1. The molecule has 0 amide bonds. The van der Waals surface area contributed by atoms with Crippen LogP contribution in [-0.4, -0.2) is 9.97 Å². The van der Waals surface area contributed by atoms with Crippen LogP contribution in [0.1, 0.15) is 23.9 Å². The van der Waals surface area contributed by atoms with Gasteiger partial charge in [-0.15, -0.1) is 0 Å². The highest BCUT2D eigenvalue weighted by Crippen LogP contribution is 2.28. The number of aromatic nitrogens is 2. The fraction of sp³-hybridized carbons (Fsp3) is 0.286. The second kappa shape index (κ2) is 5.22. The predicted molar refractivity (Wildman–Crippen MR) is 71.8 cm³/mol. The van der Waals surface area contributed by atoms with Gasteiger partial charge in [-0.25, -0.2) is 9.37 Å². The van der Waals surface area contributed by atoms with Crippen LogP contribution in [0, 0.1) is 19.7 Å². The molecule has 1 heterocycles. The number of aryl methyl sites for hydroxylation is 2. The van der Waals surface area contributed by atoms with Crippen molar-refractivity contribution >= 4 is 5.82 Å². The number of nitrogen functional groups attached to an aromatic ring is 1. The van der Waals surface area contributed by atoms with Crippen molar-refractivity contribution in [2.45, 2.75) is 27.2 Å². The van der Waals surface area contributed by atoms with E-state index in [9.17, 15) is 4.39 Å². The lowest BCUT2D eigenvalue weighted by molar-refractivity contribution is 0.421. The minimum absolute atomic E-state index is 0.142.